The first-order valence-corrected chi connectivity index (χ1v) is 13.7. The highest BCUT2D eigenvalue weighted by Gasteiger charge is 2.41. The first kappa shape index (κ1) is 28.4. The third-order valence-corrected chi connectivity index (χ3v) is 7.60. The molecule has 1 N–H and O–H groups in total. The van der Waals surface area contributed by atoms with E-state index in [-0.39, 0.29) is 29.5 Å². The van der Waals surface area contributed by atoms with E-state index in [1.54, 1.807) is 35.7 Å². The lowest BCUT2D eigenvalue weighted by molar-refractivity contribution is -0.147. The second-order valence-electron chi connectivity index (χ2n) is 9.13. The molecule has 1 aliphatic rings. The molecule has 0 spiro atoms. The minimum Gasteiger partial charge on any atom is -0.458 e. The van der Waals surface area contributed by atoms with Gasteiger partial charge in [-0.25, -0.2) is 9.18 Å². The van der Waals surface area contributed by atoms with Crippen molar-refractivity contribution in [2.75, 3.05) is 19.7 Å². The van der Waals surface area contributed by atoms with E-state index in [9.17, 15) is 18.8 Å². The van der Waals surface area contributed by atoms with E-state index in [1.807, 2.05) is 24.3 Å². The number of halogens is 1. The van der Waals surface area contributed by atoms with E-state index in [0.717, 1.165) is 43.2 Å². The number of amides is 2. The number of carbonyl (C=O) groups excluding carboxylic acids is 3. The third-order valence-electron chi connectivity index (χ3n) is 6.35. The molecule has 198 valence electrons. The number of ether oxygens (including phenoxy) is 1. The van der Waals surface area contributed by atoms with Crippen molar-refractivity contribution < 1.29 is 23.5 Å². The zero-order chi connectivity index (χ0) is 26.6. The van der Waals surface area contributed by atoms with Crippen LogP contribution in [0.2, 0.25) is 0 Å². The molecule has 2 aromatic carbocycles. The lowest BCUT2D eigenvalue weighted by Crippen LogP contribution is -2.61. The van der Waals surface area contributed by atoms with E-state index in [1.165, 1.54) is 18.2 Å². The lowest BCUT2D eigenvalue weighted by Gasteiger charge is -2.41. The SMILES string of the molecule is C=CCOC(=O)c1ccc(CSC2CN(C(C)C(=O)NCCCCCCc3ccc(F)cc3)C2=O)cc1. The summed E-state index contributed by atoms with van der Waals surface area (Å²) in [5.41, 5.74) is 2.63. The Morgan fingerprint density at radius 1 is 1.11 bits per heavy atom. The van der Waals surface area contributed by atoms with Crippen LogP contribution < -0.4 is 5.32 Å². The van der Waals surface area contributed by atoms with Gasteiger partial charge in [-0.2, -0.15) is 0 Å². The van der Waals surface area contributed by atoms with Gasteiger partial charge in [0.25, 0.3) is 0 Å². The molecule has 1 aliphatic heterocycles. The molecule has 8 heteroatoms. The van der Waals surface area contributed by atoms with Crippen LogP contribution in [0.4, 0.5) is 4.39 Å². The number of nitrogens with zero attached hydrogens (tertiary/aromatic N) is 1. The van der Waals surface area contributed by atoms with Gasteiger partial charge in [-0.15, -0.1) is 11.8 Å². The standard InChI is InChI=1S/C29H35FN2O4S/c1-3-18-36-29(35)24-13-9-23(10-14-24)20-37-26-19-32(28(26)34)21(2)27(33)31-17-7-5-4-6-8-22-11-15-25(30)16-12-22/h3,9-16,21,26H,1,4-8,17-20H2,2H3,(H,31,33). The fourth-order valence-electron chi connectivity index (χ4n) is 4.00. The summed E-state index contributed by atoms with van der Waals surface area (Å²) < 4.78 is 18.0. The van der Waals surface area contributed by atoms with Crippen LogP contribution in [0.15, 0.2) is 61.2 Å². The number of hydrogen-bond acceptors (Lipinski definition) is 5. The number of rotatable bonds is 15. The summed E-state index contributed by atoms with van der Waals surface area (Å²) in [5, 5.41) is 2.78. The summed E-state index contributed by atoms with van der Waals surface area (Å²) in [6.07, 6.45) is 6.43. The van der Waals surface area contributed by atoms with Gasteiger partial charge in [0.2, 0.25) is 11.8 Å². The topological polar surface area (TPSA) is 75.7 Å². The average Bonchev–Trinajstić information content (AvgIpc) is 2.91. The number of hydrogen-bond donors (Lipinski definition) is 1. The Morgan fingerprint density at radius 2 is 1.78 bits per heavy atom. The average molecular weight is 527 g/mol. The number of carbonyl (C=O) groups is 3. The van der Waals surface area contributed by atoms with Crippen LogP contribution in [0.3, 0.4) is 0 Å². The molecule has 37 heavy (non-hydrogen) atoms. The van der Waals surface area contributed by atoms with Gasteiger partial charge in [-0.1, -0.05) is 49.8 Å². The molecule has 2 atom stereocenters. The van der Waals surface area contributed by atoms with Crippen molar-refractivity contribution in [3.05, 3.63) is 83.7 Å². The summed E-state index contributed by atoms with van der Waals surface area (Å²) in [5.74, 6) is -0.0955. The molecule has 1 fully saturated rings. The summed E-state index contributed by atoms with van der Waals surface area (Å²) in [6.45, 7) is 6.60. The van der Waals surface area contributed by atoms with Gasteiger partial charge in [0.05, 0.1) is 5.56 Å². The number of esters is 1. The molecule has 1 heterocycles. The van der Waals surface area contributed by atoms with Crippen LogP contribution in [0.1, 0.15) is 54.1 Å². The van der Waals surface area contributed by atoms with E-state index >= 15 is 0 Å². The second kappa shape index (κ2) is 14.6. The largest absolute Gasteiger partial charge is 0.458 e. The van der Waals surface area contributed by atoms with Crippen molar-refractivity contribution >= 4 is 29.5 Å². The Hall–Kier alpha value is -3.13. The molecular weight excluding hydrogens is 491 g/mol. The van der Waals surface area contributed by atoms with Gasteiger partial charge in [0.1, 0.15) is 23.7 Å². The molecular formula is C29H35FN2O4S. The number of likely N-dealkylation sites (tertiary alicyclic amines) is 1. The first-order valence-electron chi connectivity index (χ1n) is 12.7. The fourth-order valence-corrected chi connectivity index (χ4v) is 5.13. The predicted octanol–water partition coefficient (Wildman–Crippen LogP) is 4.92. The maximum atomic E-state index is 12.9. The minimum atomic E-state index is -0.483. The van der Waals surface area contributed by atoms with E-state index in [2.05, 4.69) is 11.9 Å². The van der Waals surface area contributed by atoms with Crippen LogP contribution in [0.25, 0.3) is 0 Å². The molecule has 3 rings (SSSR count). The number of nitrogens with one attached hydrogen (secondary N) is 1. The van der Waals surface area contributed by atoms with Crippen LogP contribution in [-0.2, 0) is 26.5 Å². The molecule has 0 radical (unpaired) electrons. The second-order valence-corrected chi connectivity index (χ2v) is 10.3. The van der Waals surface area contributed by atoms with Crippen molar-refractivity contribution in [1.82, 2.24) is 10.2 Å². The molecule has 0 bridgehead atoms. The molecule has 2 aromatic rings. The quantitative estimate of drug-likeness (QED) is 0.154. The minimum absolute atomic E-state index is 0.0157. The van der Waals surface area contributed by atoms with Crippen molar-refractivity contribution in [3.8, 4) is 0 Å². The van der Waals surface area contributed by atoms with E-state index < -0.39 is 12.0 Å². The van der Waals surface area contributed by atoms with Crippen molar-refractivity contribution in [1.29, 1.82) is 0 Å². The molecule has 2 amide bonds. The maximum Gasteiger partial charge on any atom is 0.338 e. The Kier molecular flexibility index (Phi) is 11.2. The van der Waals surface area contributed by atoms with Crippen LogP contribution >= 0.6 is 11.8 Å². The van der Waals surface area contributed by atoms with Crippen LogP contribution in [-0.4, -0.2) is 53.7 Å². The summed E-state index contributed by atoms with van der Waals surface area (Å²) >= 11 is 1.54. The number of aryl methyl sites for hydroxylation is 1. The maximum absolute atomic E-state index is 12.9. The van der Waals surface area contributed by atoms with Gasteiger partial charge in [0.15, 0.2) is 0 Å². The molecule has 2 unspecified atom stereocenters. The van der Waals surface area contributed by atoms with Gasteiger partial charge < -0.3 is 15.0 Å². The Labute approximate surface area is 222 Å². The summed E-state index contributed by atoms with van der Waals surface area (Å²) in [6, 6.07) is 13.3. The smallest absolute Gasteiger partial charge is 0.338 e. The monoisotopic (exact) mass is 526 g/mol. The van der Waals surface area contributed by atoms with E-state index in [0.29, 0.717) is 24.4 Å². The Balaban J connectivity index is 1.27. The van der Waals surface area contributed by atoms with E-state index in [4.69, 9.17) is 4.74 Å². The van der Waals surface area contributed by atoms with Gasteiger partial charge in [-0.3, -0.25) is 9.59 Å². The summed E-state index contributed by atoms with van der Waals surface area (Å²) in [4.78, 5) is 38.5. The Bertz CT molecular complexity index is 1060. The number of benzene rings is 2. The third kappa shape index (κ3) is 8.74. The van der Waals surface area contributed by atoms with Crippen molar-refractivity contribution in [2.24, 2.45) is 0 Å². The number of β-lactam (4-membered cyclic amide) rings is 1. The van der Waals surface area contributed by atoms with Crippen LogP contribution in [0.5, 0.6) is 0 Å². The molecule has 6 nitrogen and oxygen atoms in total. The normalized spacial score (nSPS) is 15.6. The molecule has 1 saturated heterocycles. The molecule has 0 aliphatic carbocycles. The number of unbranched alkanes of at least 4 members (excludes halogenated alkanes) is 3. The van der Waals surface area contributed by atoms with Gasteiger partial charge >= 0.3 is 5.97 Å². The lowest BCUT2D eigenvalue weighted by atomic mass is 10.1. The first-order chi connectivity index (χ1) is 17.9. The highest BCUT2D eigenvalue weighted by Crippen LogP contribution is 2.28. The zero-order valence-electron chi connectivity index (χ0n) is 21.3. The highest BCUT2D eigenvalue weighted by molar-refractivity contribution is 8.00. The van der Waals surface area contributed by atoms with Gasteiger partial charge in [0, 0.05) is 18.8 Å². The van der Waals surface area contributed by atoms with Gasteiger partial charge in [-0.05, 0) is 61.6 Å². The summed E-state index contributed by atoms with van der Waals surface area (Å²) in [7, 11) is 0. The molecule has 0 saturated carbocycles. The van der Waals surface area contributed by atoms with Crippen molar-refractivity contribution in [2.45, 2.75) is 56.1 Å². The predicted molar refractivity (Wildman–Crippen MR) is 145 cm³/mol. The molecule has 0 aromatic heterocycles. The highest BCUT2D eigenvalue weighted by atomic mass is 32.2. The zero-order valence-corrected chi connectivity index (χ0v) is 22.1. The Morgan fingerprint density at radius 3 is 2.46 bits per heavy atom. The fraction of sp³-hybridized carbons (Fsp3) is 0.414. The number of thioether (sulfide) groups is 1. The van der Waals surface area contributed by atoms with Crippen LogP contribution in [0, 0.1) is 5.82 Å². The van der Waals surface area contributed by atoms with Crippen molar-refractivity contribution in [3.63, 3.8) is 0 Å².